The van der Waals surface area contributed by atoms with Gasteiger partial charge < -0.3 is 13.6 Å². The van der Waals surface area contributed by atoms with Gasteiger partial charge in [-0.3, -0.25) is 0 Å². The fourth-order valence-electron chi connectivity index (χ4n) is 9.71. The zero-order valence-electron chi connectivity index (χ0n) is 32.7. The molecule has 0 spiro atoms. The third kappa shape index (κ3) is 5.27. The predicted octanol–water partition coefficient (Wildman–Crippen LogP) is 11.5. The summed E-state index contributed by atoms with van der Waals surface area (Å²) in [7, 11) is -2.89. The first-order valence-electron chi connectivity index (χ1n) is 20.2. The van der Waals surface area contributed by atoms with Gasteiger partial charge in [0.25, 0.3) is 0 Å². The fraction of sp³-hybridized carbons (Fsp3) is 0.0182. The SMILES string of the molecule is C=C/C=C\c1c(C)n(-c2ccc([Si](c3ccccc3)(c3ccccc3)c3ccc4c(c3)c3ccccc3n4-c3ccccc3)cc2)c2ccc3c4ccccc4oc3c12. The van der Waals surface area contributed by atoms with E-state index in [1.54, 1.807) is 0 Å². The van der Waals surface area contributed by atoms with Gasteiger partial charge in [0, 0.05) is 44.2 Å². The van der Waals surface area contributed by atoms with Crippen molar-refractivity contribution < 1.29 is 4.42 Å². The molecule has 11 rings (SSSR count). The van der Waals surface area contributed by atoms with Crippen molar-refractivity contribution in [3.05, 3.63) is 224 Å². The molecule has 0 atom stereocenters. The molecule has 0 N–H and O–H groups in total. The average Bonchev–Trinajstić information content (AvgIpc) is 3.94. The van der Waals surface area contributed by atoms with Gasteiger partial charge in [-0.1, -0.05) is 164 Å². The molecule has 3 aromatic heterocycles. The van der Waals surface area contributed by atoms with Gasteiger partial charge in [-0.2, -0.15) is 0 Å². The lowest BCUT2D eigenvalue weighted by molar-refractivity contribution is 0.672. The maximum atomic E-state index is 6.62. The highest BCUT2D eigenvalue weighted by atomic mass is 28.3. The molecule has 0 radical (unpaired) electrons. The zero-order chi connectivity index (χ0) is 39.5. The largest absolute Gasteiger partial charge is 0.455 e. The standard InChI is InChI=1S/C55H40N2OSi/c1-3-4-24-45-38(2)56(52-36-34-48-47-26-15-17-28-53(47)58-55(48)54(45)52)40-29-31-43(32-30-40)59(41-20-10-6-11-21-41,42-22-12-7-13-23-42)44-33-35-51-49(37-44)46-25-14-16-27-50(46)57(51)39-18-8-5-9-19-39/h3-37H,1H2,2H3/b24-4-. The highest BCUT2D eigenvalue weighted by Gasteiger charge is 2.42. The Morgan fingerprint density at radius 1 is 0.475 bits per heavy atom. The van der Waals surface area contributed by atoms with Crippen molar-refractivity contribution in [1.82, 2.24) is 9.13 Å². The van der Waals surface area contributed by atoms with Crippen molar-refractivity contribution in [3.8, 4) is 11.4 Å². The van der Waals surface area contributed by atoms with Gasteiger partial charge in [-0.25, -0.2) is 0 Å². The summed E-state index contributed by atoms with van der Waals surface area (Å²) in [4.78, 5) is 0. The average molecular weight is 773 g/mol. The van der Waals surface area contributed by atoms with Gasteiger partial charge in [0.15, 0.2) is 8.07 Å². The Bertz CT molecular complexity index is 3350. The Balaban J connectivity index is 1.16. The van der Waals surface area contributed by atoms with Crippen molar-refractivity contribution in [3.63, 3.8) is 0 Å². The lowest BCUT2D eigenvalue weighted by Crippen LogP contribution is -2.74. The van der Waals surface area contributed by atoms with E-state index in [0.29, 0.717) is 0 Å². The maximum Gasteiger partial charge on any atom is 0.179 e. The van der Waals surface area contributed by atoms with Crippen LogP contribution in [0.2, 0.25) is 0 Å². The maximum absolute atomic E-state index is 6.62. The topological polar surface area (TPSA) is 23.0 Å². The molecule has 0 fully saturated rings. The summed E-state index contributed by atoms with van der Waals surface area (Å²) >= 11 is 0. The van der Waals surface area contributed by atoms with Crippen LogP contribution in [0.25, 0.3) is 72.1 Å². The molecule has 3 heterocycles. The molecule has 0 saturated carbocycles. The van der Waals surface area contributed by atoms with Crippen LogP contribution in [0.15, 0.2) is 217 Å². The summed E-state index contributed by atoms with van der Waals surface area (Å²) in [6.45, 7) is 6.19. The number of rotatable bonds is 8. The second kappa shape index (κ2) is 13.9. The van der Waals surface area contributed by atoms with Crippen LogP contribution in [0.4, 0.5) is 0 Å². The van der Waals surface area contributed by atoms with Crippen LogP contribution in [0.5, 0.6) is 0 Å². The summed E-state index contributed by atoms with van der Waals surface area (Å²) in [5.74, 6) is 0. The fourth-order valence-corrected chi connectivity index (χ4v) is 14.5. The van der Waals surface area contributed by atoms with Crippen LogP contribution < -0.4 is 20.7 Å². The summed E-state index contributed by atoms with van der Waals surface area (Å²) in [6, 6.07) is 71.4. The first kappa shape index (κ1) is 34.8. The van der Waals surface area contributed by atoms with Crippen molar-refractivity contribution in [2.75, 3.05) is 0 Å². The minimum absolute atomic E-state index is 0.898. The monoisotopic (exact) mass is 772 g/mol. The Morgan fingerprint density at radius 2 is 1.03 bits per heavy atom. The first-order valence-corrected chi connectivity index (χ1v) is 22.2. The molecule has 4 heteroatoms. The van der Waals surface area contributed by atoms with Crippen molar-refractivity contribution in [2.24, 2.45) is 0 Å². The van der Waals surface area contributed by atoms with Gasteiger partial charge in [0.1, 0.15) is 11.2 Å². The van der Waals surface area contributed by atoms with Gasteiger partial charge in [0.05, 0.1) is 21.9 Å². The van der Waals surface area contributed by atoms with E-state index in [4.69, 9.17) is 4.42 Å². The van der Waals surface area contributed by atoms with Gasteiger partial charge in [-0.15, -0.1) is 0 Å². The van der Waals surface area contributed by atoms with E-state index < -0.39 is 8.07 Å². The summed E-state index contributed by atoms with van der Waals surface area (Å²) in [6.07, 6.45) is 6.02. The molecule has 0 aliphatic rings. The number of hydrogen-bond donors (Lipinski definition) is 0. The van der Waals surface area contributed by atoms with E-state index in [9.17, 15) is 0 Å². The highest BCUT2D eigenvalue weighted by Crippen LogP contribution is 2.40. The Hall–Kier alpha value is -7.40. The Kier molecular flexibility index (Phi) is 8.21. The normalized spacial score (nSPS) is 12.2. The smallest absolute Gasteiger partial charge is 0.179 e. The number of nitrogens with zero attached hydrogens (tertiary/aromatic N) is 2. The van der Waals surface area contributed by atoms with E-state index in [0.717, 1.165) is 55.5 Å². The van der Waals surface area contributed by atoms with Crippen LogP contribution in [0, 0.1) is 6.92 Å². The molecule has 0 unspecified atom stereocenters. The van der Waals surface area contributed by atoms with E-state index in [-0.39, 0.29) is 0 Å². The molecule has 0 bridgehead atoms. The molecule has 8 aromatic carbocycles. The minimum atomic E-state index is -2.89. The molecular weight excluding hydrogens is 733 g/mol. The summed E-state index contributed by atoms with van der Waals surface area (Å²) in [5.41, 5.74) is 9.88. The quantitative estimate of drug-likeness (QED) is 0.0857. The number of aromatic nitrogens is 2. The van der Waals surface area contributed by atoms with E-state index in [1.165, 1.54) is 42.6 Å². The van der Waals surface area contributed by atoms with Crippen molar-refractivity contribution in [2.45, 2.75) is 6.92 Å². The van der Waals surface area contributed by atoms with E-state index in [2.05, 4.69) is 217 Å². The van der Waals surface area contributed by atoms with Crippen LogP contribution in [-0.2, 0) is 0 Å². The third-order valence-corrected chi connectivity index (χ3v) is 17.0. The highest BCUT2D eigenvalue weighted by molar-refractivity contribution is 7.20. The molecule has 3 nitrogen and oxygen atoms in total. The van der Waals surface area contributed by atoms with Crippen molar-refractivity contribution >= 4 is 89.5 Å². The molecule has 59 heavy (non-hydrogen) atoms. The van der Waals surface area contributed by atoms with Gasteiger partial charge >= 0.3 is 0 Å². The minimum Gasteiger partial charge on any atom is -0.455 e. The summed E-state index contributed by atoms with van der Waals surface area (Å²) < 4.78 is 11.4. The van der Waals surface area contributed by atoms with Crippen molar-refractivity contribution in [1.29, 1.82) is 0 Å². The molecule has 0 aliphatic carbocycles. The van der Waals surface area contributed by atoms with E-state index in [1.807, 2.05) is 18.2 Å². The molecule has 280 valence electrons. The van der Waals surface area contributed by atoms with Crippen LogP contribution in [-0.4, -0.2) is 17.2 Å². The van der Waals surface area contributed by atoms with Crippen LogP contribution >= 0.6 is 0 Å². The Morgan fingerprint density at radius 3 is 1.75 bits per heavy atom. The molecule has 11 aromatic rings. The number of fused-ring (bicyclic) bond motifs is 8. The van der Waals surface area contributed by atoms with Gasteiger partial charge in [-0.05, 0) is 82.3 Å². The first-order chi connectivity index (χ1) is 29.2. The lowest BCUT2D eigenvalue weighted by Gasteiger charge is -2.34. The molecular formula is C55H40N2OSi. The second-order valence-corrected chi connectivity index (χ2v) is 19.1. The number of para-hydroxylation sites is 3. The van der Waals surface area contributed by atoms with Crippen LogP contribution in [0.3, 0.4) is 0 Å². The van der Waals surface area contributed by atoms with Crippen LogP contribution in [0.1, 0.15) is 11.3 Å². The molecule has 0 amide bonds. The number of benzene rings is 8. The lowest BCUT2D eigenvalue weighted by atomic mass is 10.1. The number of allylic oxidation sites excluding steroid dienone is 2. The number of furan rings is 1. The third-order valence-electron chi connectivity index (χ3n) is 12.3. The Labute approximate surface area is 344 Å². The number of hydrogen-bond acceptors (Lipinski definition) is 1. The summed E-state index contributed by atoms with van der Waals surface area (Å²) in [5, 5.41) is 11.2. The van der Waals surface area contributed by atoms with E-state index >= 15 is 0 Å². The predicted molar refractivity (Wildman–Crippen MR) is 252 cm³/mol. The van der Waals surface area contributed by atoms with Gasteiger partial charge in [0.2, 0.25) is 0 Å². The second-order valence-electron chi connectivity index (χ2n) is 15.3. The zero-order valence-corrected chi connectivity index (χ0v) is 33.7. The molecule has 0 saturated heterocycles. The molecule has 0 aliphatic heterocycles.